The van der Waals surface area contributed by atoms with Crippen molar-refractivity contribution < 1.29 is 9.18 Å². The Hall–Kier alpha value is -2.80. The van der Waals surface area contributed by atoms with Crippen molar-refractivity contribution in [3.63, 3.8) is 0 Å². The van der Waals surface area contributed by atoms with Crippen molar-refractivity contribution in [2.75, 3.05) is 5.32 Å². The fourth-order valence-electron chi connectivity index (χ4n) is 2.07. The lowest BCUT2D eigenvalue weighted by Crippen LogP contribution is -2.23. The molecule has 0 atom stereocenters. The van der Waals surface area contributed by atoms with E-state index in [1.165, 1.54) is 23.5 Å². The fourth-order valence-corrected chi connectivity index (χ4v) is 2.97. The van der Waals surface area contributed by atoms with Gasteiger partial charge in [0.15, 0.2) is 5.13 Å². The van der Waals surface area contributed by atoms with E-state index in [0.717, 1.165) is 5.69 Å². The van der Waals surface area contributed by atoms with E-state index in [1.807, 2.05) is 18.2 Å². The van der Waals surface area contributed by atoms with Crippen molar-refractivity contribution in [1.29, 1.82) is 0 Å². The maximum atomic E-state index is 12.9. The van der Waals surface area contributed by atoms with E-state index in [9.17, 15) is 9.18 Å². The molecule has 0 bridgehead atoms. The fraction of sp³-hybridized carbons (Fsp3) is 0.118. The summed E-state index contributed by atoms with van der Waals surface area (Å²) in [5.41, 5.74) is 2.14. The highest BCUT2D eigenvalue weighted by Crippen LogP contribution is 2.25. The molecular formula is C17H15FN4OS. The largest absolute Gasteiger partial charge is 0.346 e. The van der Waals surface area contributed by atoms with Crippen LogP contribution < -0.4 is 10.6 Å². The molecule has 0 saturated carbocycles. The summed E-state index contributed by atoms with van der Waals surface area (Å²) in [5, 5.41) is 6.49. The molecule has 2 N–H and O–H groups in total. The number of carbonyl (C=O) groups excluding carboxylic acids is 1. The second-order valence-electron chi connectivity index (χ2n) is 5.07. The van der Waals surface area contributed by atoms with Gasteiger partial charge in [-0.05, 0) is 43.3 Å². The third-order valence-electron chi connectivity index (χ3n) is 3.25. The molecule has 0 radical (unpaired) electrons. The normalized spacial score (nSPS) is 10.4. The van der Waals surface area contributed by atoms with Crippen LogP contribution in [0.2, 0.25) is 0 Å². The van der Waals surface area contributed by atoms with Crippen LogP contribution in [0, 0.1) is 12.7 Å². The minimum absolute atomic E-state index is 0.192. The monoisotopic (exact) mass is 342 g/mol. The number of benzene rings is 1. The zero-order valence-corrected chi connectivity index (χ0v) is 13.7. The van der Waals surface area contributed by atoms with Crippen LogP contribution in [0.25, 0.3) is 0 Å². The van der Waals surface area contributed by atoms with Crippen LogP contribution in [0.4, 0.5) is 15.2 Å². The molecule has 0 aliphatic rings. The molecule has 0 unspecified atom stereocenters. The first-order valence-corrected chi connectivity index (χ1v) is 8.11. The average Bonchev–Trinajstić information content (AvgIpc) is 2.96. The van der Waals surface area contributed by atoms with Gasteiger partial charge in [-0.15, -0.1) is 0 Å². The minimum Gasteiger partial charge on any atom is -0.346 e. The van der Waals surface area contributed by atoms with E-state index >= 15 is 0 Å². The lowest BCUT2D eigenvalue weighted by atomic mass is 10.3. The summed E-state index contributed by atoms with van der Waals surface area (Å²) in [5.74, 6) is -0.492. The number of thiazole rings is 1. The molecule has 2 heterocycles. The summed E-state index contributed by atoms with van der Waals surface area (Å²) in [4.78, 5) is 21.3. The summed E-state index contributed by atoms with van der Waals surface area (Å²) in [7, 11) is 0. The predicted molar refractivity (Wildman–Crippen MR) is 91.9 cm³/mol. The van der Waals surface area contributed by atoms with Gasteiger partial charge in [0.05, 0.1) is 17.9 Å². The Labute approximate surface area is 142 Å². The molecule has 1 aromatic carbocycles. The van der Waals surface area contributed by atoms with Crippen LogP contribution in [-0.2, 0) is 6.54 Å². The molecule has 0 aliphatic carbocycles. The van der Waals surface area contributed by atoms with Gasteiger partial charge >= 0.3 is 0 Å². The van der Waals surface area contributed by atoms with E-state index in [1.54, 1.807) is 25.3 Å². The molecule has 2 aromatic heterocycles. The predicted octanol–water partition coefficient (Wildman–Crippen LogP) is 3.66. The number of carbonyl (C=O) groups is 1. The number of hydrogen-bond donors (Lipinski definition) is 2. The summed E-state index contributed by atoms with van der Waals surface area (Å²) >= 11 is 1.25. The summed E-state index contributed by atoms with van der Waals surface area (Å²) in [6, 6.07) is 11.5. The van der Waals surface area contributed by atoms with Gasteiger partial charge in [-0.25, -0.2) is 9.37 Å². The summed E-state index contributed by atoms with van der Waals surface area (Å²) in [6.45, 7) is 2.14. The first kappa shape index (κ1) is 16.1. The Bertz CT molecular complexity index is 834. The van der Waals surface area contributed by atoms with Crippen molar-refractivity contribution in [2.24, 2.45) is 0 Å². The zero-order valence-electron chi connectivity index (χ0n) is 12.9. The number of hydrogen-bond acceptors (Lipinski definition) is 5. The number of pyridine rings is 1. The van der Waals surface area contributed by atoms with Crippen LogP contribution in [0.1, 0.15) is 21.1 Å². The molecule has 122 valence electrons. The van der Waals surface area contributed by atoms with Crippen molar-refractivity contribution in [1.82, 2.24) is 15.3 Å². The third-order valence-corrected chi connectivity index (χ3v) is 4.33. The Balaban J connectivity index is 1.66. The zero-order chi connectivity index (χ0) is 16.9. The topological polar surface area (TPSA) is 66.9 Å². The van der Waals surface area contributed by atoms with Crippen LogP contribution >= 0.6 is 11.3 Å². The maximum absolute atomic E-state index is 12.9. The number of rotatable bonds is 5. The highest BCUT2D eigenvalue weighted by atomic mass is 32.1. The molecule has 0 fully saturated rings. The molecule has 0 aliphatic heterocycles. The molecule has 5 nitrogen and oxygen atoms in total. The van der Waals surface area contributed by atoms with Gasteiger partial charge < -0.3 is 10.6 Å². The lowest BCUT2D eigenvalue weighted by molar-refractivity contribution is 0.0953. The molecule has 3 aromatic rings. The van der Waals surface area contributed by atoms with E-state index in [2.05, 4.69) is 20.6 Å². The van der Waals surface area contributed by atoms with Gasteiger partial charge in [-0.2, -0.15) is 0 Å². The standard InChI is InChI=1S/C17H15FN4OS/c1-11-15(16(23)20-10-14-4-2-3-9-19-14)24-17(21-11)22-13-7-5-12(18)6-8-13/h2-9H,10H2,1H3,(H,20,23)(H,21,22). The number of nitrogens with one attached hydrogen (secondary N) is 2. The number of amides is 1. The van der Waals surface area contributed by atoms with Gasteiger partial charge in [-0.1, -0.05) is 17.4 Å². The number of halogens is 1. The Morgan fingerprint density at radius 3 is 2.71 bits per heavy atom. The molecule has 1 amide bonds. The van der Waals surface area contributed by atoms with Gasteiger partial charge in [0.25, 0.3) is 5.91 Å². The van der Waals surface area contributed by atoms with Crippen LogP contribution in [0.3, 0.4) is 0 Å². The number of aryl methyl sites for hydroxylation is 1. The van der Waals surface area contributed by atoms with E-state index in [0.29, 0.717) is 27.9 Å². The SMILES string of the molecule is Cc1nc(Nc2ccc(F)cc2)sc1C(=O)NCc1ccccn1. The first-order chi connectivity index (χ1) is 11.6. The smallest absolute Gasteiger partial charge is 0.263 e. The Kier molecular flexibility index (Phi) is 4.81. The molecule has 3 rings (SSSR count). The second-order valence-corrected chi connectivity index (χ2v) is 6.07. The lowest BCUT2D eigenvalue weighted by Gasteiger charge is -2.03. The van der Waals surface area contributed by atoms with Crippen molar-refractivity contribution in [2.45, 2.75) is 13.5 Å². The first-order valence-electron chi connectivity index (χ1n) is 7.30. The average molecular weight is 342 g/mol. The quantitative estimate of drug-likeness (QED) is 0.742. The van der Waals surface area contributed by atoms with Crippen molar-refractivity contribution in [3.8, 4) is 0 Å². The number of nitrogens with zero attached hydrogens (tertiary/aromatic N) is 2. The third kappa shape index (κ3) is 3.94. The van der Waals surface area contributed by atoms with Crippen LogP contribution in [0.15, 0.2) is 48.7 Å². The second kappa shape index (κ2) is 7.18. The van der Waals surface area contributed by atoms with Crippen molar-refractivity contribution in [3.05, 3.63) is 70.7 Å². The highest BCUT2D eigenvalue weighted by molar-refractivity contribution is 7.17. The van der Waals surface area contributed by atoms with E-state index in [4.69, 9.17) is 0 Å². The maximum Gasteiger partial charge on any atom is 0.263 e. The van der Waals surface area contributed by atoms with E-state index < -0.39 is 0 Å². The van der Waals surface area contributed by atoms with Crippen LogP contribution in [0.5, 0.6) is 0 Å². The summed E-state index contributed by atoms with van der Waals surface area (Å²) in [6.07, 6.45) is 1.68. The number of anilines is 2. The van der Waals surface area contributed by atoms with Crippen molar-refractivity contribution >= 4 is 28.1 Å². The van der Waals surface area contributed by atoms with Gasteiger partial charge in [-0.3, -0.25) is 9.78 Å². The molecular weight excluding hydrogens is 327 g/mol. The van der Waals surface area contributed by atoms with Crippen LogP contribution in [-0.4, -0.2) is 15.9 Å². The Morgan fingerprint density at radius 1 is 1.21 bits per heavy atom. The van der Waals surface area contributed by atoms with E-state index in [-0.39, 0.29) is 11.7 Å². The molecule has 0 saturated heterocycles. The minimum atomic E-state index is -0.301. The number of aromatic nitrogens is 2. The highest BCUT2D eigenvalue weighted by Gasteiger charge is 2.15. The van der Waals surface area contributed by atoms with Gasteiger partial charge in [0, 0.05) is 11.9 Å². The molecule has 0 spiro atoms. The van der Waals surface area contributed by atoms with Gasteiger partial charge in [0.2, 0.25) is 0 Å². The molecule has 24 heavy (non-hydrogen) atoms. The van der Waals surface area contributed by atoms with Gasteiger partial charge in [0.1, 0.15) is 10.7 Å². The summed E-state index contributed by atoms with van der Waals surface area (Å²) < 4.78 is 12.9. The Morgan fingerprint density at radius 2 is 2.00 bits per heavy atom. The molecule has 7 heteroatoms.